The number of nitrogens with zero attached hydrogens (tertiary/aromatic N) is 1. The number of benzene rings is 2. The first-order chi connectivity index (χ1) is 14.4. The third kappa shape index (κ3) is 5.29. The van der Waals surface area contributed by atoms with E-state index in [9.17, 15) is 14.0 Å². The number of anilines is 2. The maximum absolute atomic E-state index is 13.9. The summed E-state index contributed by atoms with van der Waals surface area (Å²) in [5.41, 5.74) is 0.743. The lowest BCUT2D eigenvalue weighted by atomic mass is 9.94. The van der Waals surface area contributed by atoms with E-state index >= 15 is 0 Å². The number of carbonyl (C=O) groups excluding carboxylic acids is 2. The number of methoxy groups -OCH3 is 1. The van der Waals surface area contributed by atoms with E-state index in [4.69, 9.17) is 16.3 Å². The van der Waals surface area contributed by atoms with Gasteiger partial charge in [0.2, 0.25) is 11.8 Å². The van der Waals surface area contributed by atoms with Gasteiger partial charge in [0.25, 0.3) is 0 Å². The Kier molecular flexibility index (Phi) is 7.29. The molecule has 0 radical (unpaired) electrons. The highest BCUT2D eigenvalue weighted by Crippen LogP contribution is 2.26. The van der Waals surface area contributed by atoms with Gasteiger partial charge < -0.3 is 15.4 Å². The lowest BCUT2D eigenvalue weighted by Crippen LogP contribution is -2.47. The molecule has 0 saturated carbocycles. The quantitative estimate of drug-likeness (QED) is 0.717. The minimum Gasteiger partial charge on any atom is -0.495 e. The van der Waals surface area contributed by atoms with E-state index in [1.807, 2.05) is 17.0 Å². The van der Waals surface area contributed by atoms with E-state index in [1.165, 1.54) is 12.1 Å². The van der Waals surface area contributed by atoms with E-state index < -0.39 is 11.9 Å². The Balaban J connectivity index is 1.52. The van der Waals surface area contributed by atoms with Gasteiger partial charge in [0.1, 0.15) is 11.6 Å². The lowest BCUT2D eigenvalue weighted by molar-refractivity contribution is -0.123. The number of halogens is 2. The maximum atomic E-state index is 13.9. The molecular weight excluding hydrogens is 409 g/mol. The zero-order chi connectivity index (χ0) is 21.7. The predicted octanol–water partition coefficient (Wildman–Crippen LogP) is 4.17. The molecule has 2 amide bonds. The number of piperidine rings is 1. The summed E-state index contributed by atoms with van der Waals surface area (Å²) < 4.78 is 19.2. The number of hydrogen-bond donors (Lipinski definition) is 2. The van der Waals surface area contributed by atoms with Crippen LogP contribution >= 0.6 is 11.6 Å². The van der Waals surface area contributed by atoms with Gasteiger partial charge in [0.15, 0.2) is 0 Å². The molecule has 1 heterocycles. The first kappa shape index (κ1) is 22.1. The van der Waals surface area contributed by atoms with Crippen LogP contribution in [0.3, 0.4) is 0 Å². The molecule has 1 aliphatic rings. The molecule has 2 aromatic carbocycles. The molecule has 1 unspecified atom stereocenters. The molecule has 160 valence electrons. The summed E-state index contributed by atoms with van der Waals surface area (Å²) in [6.07, 6.45) is 1.27. The van der Waals surface area contributed by atoms with E-state index in [0.29, 0.717) is 37.4 Å². The van der Waals surface area contributed by atoms with Crippen molar-refractivity contribution in [3.8, 4) is 5.75 Å². The van der Waals surface area contributed by atoms with Crippen molar-refractivity contribution in [2.75, 3.05) is 30.8 Å². The van der Waals surface area contributed by atoms with Crippen LogP contribution in [-0.4, -0.2) is 43.0 Å². The highest BCUT2D eigenvalue weighted by Gasteiger charge is 2.30. The maximum Gasteiger partial charge on any atom is 0.241 e. The Morgan fingerprint density at radius 2 is 1.83 bits per heavy atom. The number of likely N-dealkylation sites (tertiary alicyclic amines) is 1. The Morgan fingerprint density at radius 1 is 1.13 bits per heavy atom. The topological polar surface area (TPSA) is 70.7 Å². The van der Waals surface area contributed by atoms with Crippen LogP contribution < -0.4 is 15.4 Å². The number of ether oxygens (including phenoxy) is 1. The summed E-state index contributed by atoms with van der Waals surface area (Å²) in [5.74, 6) is -0.458. The normalized spacial score (nSPS) is 16.0. The minimum atomic E-state index is -0.574. The van der Waals surface area contributed by atoms with E-state index in [1.54, 1.807) is 26.2 Å². The Morgan fingerprint density at radius 3 is 2.50 bits per heavy atom. The van der Waals surface area contributed by atoms with Gasteiger partial charge in [-0.15, -0.1) is 0 Å². The second-order valence-electron chi connectivity index (χ2n) is 7.29. The summed E-state index contributed by atoms with van der Waals surface area (Å²) in [6.45, 7) is 2.97. The second-order valence-corrected chi connectivity index (χ2v) is 7.73. The van der Waals surface area contributed by atoms with Crippen molar-refractivity contribution in [2.24, 2.45) is 5.92 Å². The fourth-order valence-corrected chi connectivity index (χ4v) is 3.68. The summed E-state index contributed by atoms with van der Waals surface area (Å²) >= 11 is 5.74. The molecule has 0 aromatic heterocycles. The molecule has 30 heavy (non-hydrogen) atoms. The number of hydrogen-bond acceptors (Lipinski definition) is 4. The molecule has 0 bridgehead atoms. The minimum absolute atomic E-state index is 0.0560. The molecule has 8 heteroatoms. The van der Waals surface area contributed by atoms with Crippen molar-refractivity contribution in [1.82, 2.24) is 4.90 Å². The average Bonchev–Trinajstić information content (AvgIpc) is 2.75. The smallest absolute Gasteiger partial charge is 0.241 e. The lowest BCUT2D eigenvalue weighted by Gasteiger charge is -2.34. The summed E-state index contributed by atoms with van der Waals surface area (Å²) in [7, 11) is 1.56. The predicted molar refractivity (Wildman–Crippen MR) is 115 cm³/mol. The first-order valence-electron chi connectivity index (χ1n) is 9.83. The standard InChI is InChI=1S/C22H25ClFN3O3/c1-14(21(28)25-18-8-7-16(23)13-17(18)24)27-11-9-15(10-12-27)22(29)26-19-5-3-4-6-20(19)30-2/h3-8,13-15H,9-12H2,1-2H3,(H,25,28)(H,26,29). The monoisotopic (exact) mass is 433 g/mol. The SMILES string of the molecule is COc1ccccc1NC(=O)C1CCN(C(C)C(=O)Nc2ccc(Cl)cc2F)CC1. The molecule has 6 nitrogen and oxygen atoms in total. The van der Waals surface area contributed by atoms with Gasteiger partial charge in [0.05, 0.1) is 24.5 Å². The summed E-state index contributed by atoms with van der Waals surface area (Å²) in [6, 6.07) is 11.0. The van der Waals surface area contributed by atoms with Crippen LogP contribution in [0.4, 0.5) is 15.8 Å². The van der Waals surface area contributed by atoms with Crippen LogP contribution in [0.15, 0.2) is 42.5 Å². The van der Waals surface area contributed by atoms with Crippen molar-refractivity contribution in [3.05, 3.63) is 53.3 Å². The summed E-state index contributed by atoms with van der Waals surface area (Å²) in [5, 5.41) is 5.80. The van der Waals surface area contributed by atoms with E-state index in [-0.39, 0.29) is 28.4 Å². The molecule has 1 atom stereocenters. The van der Waals surface area contributed by atoms with E-state index in [2.05, 4.69) is 10.6 Å². The molecule has 1 saturated heterocycles. The van der Waals surface area contributed by atoms with Crippen molar-refractivity contribution >= 4 is 34.8 Å². The van der Waals surface area contributed by atoms with Gasteiger partial charge in [-0.25, -0.2) is 4.39 Å². The van der Waals surface area contributed by atoms with Crippen molar-refractivity contribution in [3.63, 3.8) is 0 Å². The fraction of sp³-hybridized carbons (Fsp3) is 0.364. The van der Waals surface area contributed by atoms with Crippen LogP contribution in [0.25, 0.3) is 0 Å². The zero-order valence-electron chi connectivity index (χ0n) is 17.0. The molecule has 1 fully saturated rings. The van der Waals surface area contributed by atoms with Crippen molar-refractivity contribution in [2.45, 2.75) is 25.8 Å². The molecule has 1 aliphatic heterocycles. The zero-order valence-corrected chi connectivity index (χ0v) is 17.7. The van der Waals surface area contributed by atoms with Gasteiger partial charge in [-0.05, 0) is 63.2 Å². The van der Waals surface area contributed by atoms with Crippen LogP contribution in [0.2, 0.25) is 5.02 Å². The second kappa shape index (κ2) is 9.91. The number of nitrogens with one attached hydrogen (secondary N) is 2. The Labute approximate surface area is 180 Å². The molecule has 2 N–H and O–H groups in total. The van der Waals surface area contributed by atoms with Gasteiger partial charge in [-0.3, -0.25) is 14.5 Å². The van der Waals surface area contributed by atoms with Crippen molar-refractivity contribution in [1.29, 1.82) is 0 Å². The van der Waals surface area contributed by atoms with Crippen LogP contribution in [-0.2, 0) is 9.59 Å². The van der Waals surface area contributed by atoms with Gasteiger partial charge in [0, 0.05) is 10.9 Å². The average molecular weight is 434 g/mol. The highest BCUT2D eigenvalue weighted by molar-refractivity contribution is 6.30. The van der Waals surface area contributed by atoms with Crippen LogP contribution in [0, 0.1) is 11.7 Å². The number of amides is 2. The van der Waals surface area contributed by atoms with Gasteiger partial charge in [-0.1, -0.05) is 23.7 Å². The molecule has 3 rings (SSSR count). The molecule has 0 spiro atoms. The van der Waals surface area contributed by atoms with Crippen LogP contribution in [0.1, 0.15) is 19.8 Å². The third-order valence-corrected chi connectivity index (χ3v) is 5.62. The number of para-hydroxylation sites is 2. The summed E-state index contributed by atoms with van der Waals surface area (Å²) in [4.78, 5) is 27.2. The molecule has 2 aromatic rings. The number of carbonyl (C=O) groups is 2. The van der Waals surface area contributed by atoms with E-state index in [0.717, 1.165) is 6.07 Å². The van der Waals surface area contributed by atoms with Gasteiger partial charge >= 0.3 is 0 Å². The largest absolute Gasteiger partial charge is 0.495 e. The van der Waals surface area contributed by atoms with Crippen LogP contribution in [0.5, 0.6) is 5.75 Å². The van der Waals surface area contributed by atoms with Gasteiger partial charge in [-0.2, -0.15) is 0 Å². The third-order valence-electron chi connectivity index (χ3n) is 5.38. The molecular formula is C22H25ClFN3O3. The number of rotatable bonds is 6. The Hall–Kier alpha value is -2.64. The Bertz CT molecular complexity index is 916. The highest BCUT2D eigenvalue weighted by atomic mass is 35.5. The molecule has 0 aliphatic carbocycles. The first-order valence-corrected chi connectivity index (χ1v) is 10.2. The fourth-order valence-electron chi connectivity index (χ4n) is 3.53. The van der Waals surface area contributed by atoms with Crippen molar-refractivity contribution < 1.29 is 18.7 Å².